The van der Waals surface area contributed by atoms with Crippen LogP contribution in [0.2, 0.25) is 0 Å². The molecule has 7 heteroatoms. The Bertz CT molecular complexity index is 667. The predicted molar refractivity (Wildman–Crippen MR) is 86.8 cm³/mol. The Morgan fingerprint density at radius 3 is 2.64 bits per heavy atom. The number of carbonyl (C=O) groups is 1. The number of hydrazone groups is 1. The summed E-state index contributed by atoms with van der Waals surface area (Å²) in [4.78, 5) is 24.5. The van der Waals surface area contributed by atoms with Gasteiger partial charge in [-0.2, -0.15) is 5.10 Å². The number of aryl methyl sites for hydroxylation is 2. The molecule has 0 aliphatic rings. The molecule has 2 aromatic heterocycles. The Morgan fingerprint density at radius 1 is 1.27 bits per heavy atom. The maximum Gasteiger partial charge on any atom is 0.250 e. The highest BCUT2D eigenvalue weighted by Crippen LogP contribution is 2.13. The zero-order valence-corrected chi connectivity index (χ0v) is 13.5. The number of thioether (sulfide) groups is 1. The summed E-state index contributed by atoms with van der Waals surface area (Å²) in [5.41, 5.74) is 5.67. The number of amides is 1. The molecule has 0 aliphatic heterocycles. The average molecular weight is 315 g/mol. The molecule has 2 heterocycles. The van der Waals surface area contributed by atoms with Crippen LogP contribution in [0.1, 0.15) is 24.0 Å². The number of hydrogen-bond donors (Lipinski definition) is 1. The van der Waals surface area contributed by atoms with Gasteiger partial charge in [-0.15, -0.1) is 0 Å². The molecule has 22 heavy (non-hydrogen) atoms. The van der Waals surface area contributed by atoms with Gasteiger partial charge in [-0.3, -0.25) is 9.78 Å². The number of hydrogen-bond acceptors (Lipinski definition) is 6. The van der Waals surface area contributed by atoms with Gasteiger partial charge in [0.25, 0.3) is 5.91 Å². The Balaban J connectivity index is 1.88. The van der Waals surface area contributed by atoms with Gasteiger partial charge >= 0.3 is 0 Å². The van der Waals surface area contributed by atoms with Gasteiger partial charge in [0, 0.05) is 17.6 Å². The quantitative estimate of drug-likeness (QED) is 0.396. The lowest BCUT2D eigenvalue weighted by Gasteiger charge is -2.03. The summed E-state index contributed by atoms with van der Waals surface area (Å²) in [5.74, 6) is 0.00469. The molecule has 2 aromatic rings. The molecule has 1 N–H and O–H groups in total. The van der Waals surface area contributed by atoms with Gasteiger partial charge in [0.1, 0.15) is 0 Å². The standard InChI is InChI=1S/C15H17N5OS/c1-10-8-11(2)18-15(17-10)22-9-14(21)20-19-12(3)13-6-4-5-7-16-13/h4-8H,9H2,1-3H3,(H,20,21)/b19-12-. The van der Waals surface area contributed by atoms with Crippen LogP contribution in [0.3, 0.4) is 0 Å². The smallest absolute Gasteiger partial charge is 0.250 e. The number of aromatic nitrogens is 3. The highest BCUT2D eigenvalue weighted by atomic mass is 32.2. The Labute approximate surface area is 133 Å². The zero-order valence-electron chi connectivity index (χ0n) is 12.7. The number of pyridine rings is 1. The fourth-order valence-corrected chi connectivity index (χ4v) is 2.44. The van der Waals surface area contributed by atoms with Gasteiger partial charge in [-0.1, -0.05) is 17.8 Å². The molecular weight excluding hydrogens is 298 g/mol. The number of nitrogens with one attached hydrogen (secondary N) is 1. The molecule has 0 spiro atoms. The first-order valence-electron chi connectivity index (χ1n) is 6.74. The van der Waals surface area contributed by atoms with Crippen molar-refractivity contribution in [1.29, 1.82) is 0 Å². The minimum absolute atomic E-state index is 0.206. The van der Waals surface area contributed by atoms with Crippen molar-refractivity contribution >= 4 is 23.4 Å². The Kier molecular flexibility index (Phi) is 5.60. The van der Waals surface area contributed by atoms with Crippen LogP contribution in [-0.2, 0) is 4.79 Å². The van der Waals surface area contributed by atoms with Crippen LogP contribution in [0.4, 0.5) is 0 Å². The second kappa shape index (κ2) is 7.65. The van der Waals surface area contributed by atoms with Crippen LogP contribution < -0.4 is 5.43 Å². The van der Waals surface area contributed by atoms with Crippen LogP contribution >= 0.6 is 11.8 Å². The Morgan fingerprint density at radius 2 is 2.00 bits per heavy atom. The summed E-state index contributed by atoms with van der Waals surface area (Å²) < 4.78 is 0. The number of nitrogens with zero attached hydrogens (tertiary/aromatic N) is 4. The van der Waals surface area contributed by atoms with E-state index in [0.29, 0.717) is 10.9 Å². The van der Waals surface area contributed by atoms with Crippen molar-refractivity contribution in [2.24, 2.45) is 5.10 Å². The first-order chi connectivity index (χ1) is 10.5. The summed E-state index contributed by atoms with van der Waals surface area (Å²) >= 11 is 1.29. The lowest BCUT2D eigenvalue weighted by Crippen LogP contribution is -2.21. The molecule has 0 saturated carbocycles. The maximum atomic E-state index is 11.8. The van der Waals surface area contributed by atoms with E-state index in [9.17, 15) is 4.79 Å². The van der Waals surface area contributed by atoms with Gasteiger partial charge in [-0.05, 0) is 39.0 Å². The van der Waals surface area contributed by atoms with Crippen LogP contribution in [0, 0.1) is 13.8 Å². The molecule has 6 nitrogen and oxygen atoms in total. The molecule has 0 unspecified atom stereocenters. The molecule has 0 radical (unpaired) electrons. The van der Waals surface area contributed by atoms with Crippen molar-refractivity contribution in [2.75, 3.05) is 5.75 Å². The van der Waals surface area contributed by atoms with E-state index < -0.39 is 0 Å². The number of carbonyl (C=O) groups excluding carboxylic acids is 1. The van der Waals surface area contributed by atoms with Crippen molar-refractivity contribution in [2.45, 2.75) is 25.9 Å². The summed E-state index contributed by atoms with van der Waals surface area (Å²) in [6.45, 7) is 5.60. The minimum atomic E-state index is -0.206. The van der Waals surface area contributed by atoms with E-state index in [1.807, 2.05) is 38.1 Å². The molecule has 2 rings (SSSR count). The first kappa shape index (κ1) is 16.1. The monoisotopic (exact) mass is 315 g/mol. The predicted octanol–water partition coefficient (Wildman–Crippen LogP) is 2.12. The fraction of sp³-hybridized carbons (Fsp3) is 0.267. The van der Waals surface area contributed by atoms with Crippen molar-refractivity contribution in [3.8, 4) is 0 Å². The van der Waals surface area contributed by atoms with Crippen LogP contribution in [0.15, 0.2) is 40.7 Å². The summed E-state index contributed by atoms with van der Waals surface area (Å²) in [7, 11) is 0. The van der Waals surface area contributed by atoms with Crippen molar-refractivity contribution in [3.63, 3.8) is 0 Å². The second-order valence-electron chi connectivity index (χ2n) is 4.67. The van der Waals surface area contributed by atoms with Crippen molar-refractivity contribution < 1.29 is 4.79 Å². The molecule has 0 bridgehead atoms. The average Bonchev–Trinajstić information content (AvgIpc) is 2.50. The third kappa shape index (κ3) is 4.92. The summed E-state index contributed by atoms with van der Waals surface area (Å²) in [6.07, 6.45) is 1.68. The van der Waals surface area contributed by atoms with Crippen molar-refractivity contribution in [3.05, 3.63) is 47.5 Å². The second-order valence-corrected chi connectivity index (χ2v) is 5.61. The van der Waals surface area contributed by atoms with Gasteiger partial charge < -0.3 is 0 Å². The van der Waals surface area contributed by atoms with E-state index >= 15 is 0 Å². The molecule has 0 aromatic carbocycles. The van der Waals surface area contributed by atoms with Crippen LogP contribution in [0.25, 0.3) is 0 Å². The van der Waals surface area contributed by atoms with Gasteiger partial charge in [0.05, 0.1) is 17.2 Å². The lowest BCUT2D eigenvalue weighted by molar-refractivity contribution is -0.118. The largest absolute Gasteiger partial charge is 0.272 e. The topological polar surface area (TPSA) is 80.1 Å². The van der Waals surface area contributed by atoms with Crippen LogP contribution in [-0.4, -0.2) is 32.3 Å². The van der Waals surface area contributed by atoms with Gasteiger partial charge in [0.15, 0.2) is 5.16 Å². The molecule has 114 valence electrons. The molecule has 0 aliphatic carbocycles. The molecule has 0 fully saturated rings. The zero-order chi connectivity index (χ0) is 15.9. The normalized spacial score (nSPS) is 11.3. The maximum absolute atomic E-state index is 11.8. The van der Waals surface area contributed by atoms with E-state index in [4.69, 9.17) is 0 Å². The Hall–Kier alpha value is -2.28. The lowest BCUT2D eigenvalue weighted by atomic mass is 10.3. The van der Waals surface area contributed by atoms with E-state index in [1.54, 1.807) is 13.1 Å². The van der Waals surface area contributed by atoms with E-state index in [2.05, 4.69) is 25.5 Å². The molecule has 1 amide bonds. The summed E-state index contributed by atoms with van der Waals surface area (Å²) in [5, 5.41) is 4.64. The third-order valence-electron chi connectivity index (χ3n) is 2.68. The van der Waals surface area contributed by atoms with E-state index in [-0.39, 0.29) is 11.7 Å². The third-order valence-corrected chi connectivity index (χ3v) is 3.53. The van der Waals surface area contributed by atoms with Gasteiger partial charge in [-0.25, -0.2) is 15.4 Å². The van der Waals surface area contributed by atoms with Crippen molar-refractivity contribution in [1.82, 2.24) is 20.4 Å². The highest BCUT2D eigenvalue weighted by Gasteiger charge is 2.06. The summed E-state index contributed by atoms with van der Waals surface area (Å²) in [6, 6.07) is 7.43. The molecular formula is C15H17N5OS. The number of rotatable bonds is 5. The highest BCUT2D eigenvalue weighted by molar-refractivity contribution is 7.99. The SMILES string of the molecule is C/C(=N/NC(=O)CSc1nc(C)cc(C)n1)c1ccccn1. The van der Waals surface area contributed by atoms with Gasteiger partial charge in [0.2, 0.25) is 0 Å². The molecule has 0 atom stereocenters. The van der Waals surface area contributed by atoms with E-state index in [1.165, 1.54) is 11.8 Å². The minimum Gasteiger partial charge on any atom is -0.272 e. The van der Waals surface area contributed by atoms with E-state index in [0.717, 1.165) is 17.1 Å². The first-order valence-corrected chi connectivity index (χ1v) is 7.73. The fourth-order valence-electron chi connectivity index (χ4n) is 1.70. The molecule has 0 saturated heterocycles. The van der Waals surface area contributed by atoms with Crippen LogP contribution in [0.5, 0.6) is 0 Å².